The smallest absolute Gasteiger partial charge is 0.332 e. The van der Waals surface area contributed by atoms with Crippen LogP contribution in [0.3, 0.4) is 0 Å². The molecular weight excluding hydrogens is 432 g/mol. The number of esters is 1. The van der Waals surface area contributed by atoms with Crippen LogP contribution >= 0.6 is 11.6 Å². The molecule has 33 heavy (non-hydrogen) atoms. The number of carbonyl (C=O) groups excluding carboxylic acids is 1. The molecule has 3 rings (SSSR count). The molecule has 0 amide bonds. The van der Waals surface area contributed by atoms with Crippen molar-refractivity contribution in [1.29, 1.82) is 5.26 Å². The lowest BCUT2D eigenvalue weighted by Crippen LogP contribution is -2.40. The maximum absolute atomic E-state index is 13.3. The fraction of sp³-hybridized carbons (Fsp3) is 0.286. The Morgan fingerprint density at radius 2 is 1.70 bits per heavy atom. The van der Waals surface area contributed by atoms with Crippen molar-refractivity contribution in [3.63, 3.8) is 0 Å². The Balaban J connectivity index is 1.91. The first-order chi connectivity index (χ1) is 15.9. The minimum absolute atomic E-state index is 0.244. The lowest BCUT2D eigenvalue weighted by molar-refractivity contribution is -0.144. The van der Waals surface area contributed by atoms with Crippen LogP contribution in [0.2, 0.25) is 5.02 Å². The van der Waals surface area contributed by atoms with Crippen LogP contribution in [0.1, 0.15) is 32.8 Å². The first-order valence-corrected chi connectivity index (χ1v) is 11.6. The van der Waals surface area contributed by atoms with Gasteiger partial charge >= 0.3 is 5.97 Å². The maximum Gasteiger partial charge on any atom is 0.332 e. The molecule has 0 aliphatic heterocycles. The summed E-state index contributed by atoms with van der Waals surface area (Å²) >= 11 is 5.93. The first kappa shape index (κ1) is 24.4. The molecule has 0 aromatic heterocycles. The average molecular weight is 461 g/mol. The Morgan fingerprint density at radius 3 is 2.30 bits per heavy atom. The number of nitriles is 1. The average Bonchev–Trinajstić information content (AvgIpc) is 2.83. The summed E-state index contributed by atoms with van der Waals surface area (Å²) < 4.78 is 5.61. The highest BCUT2D eigenvalue weighted by Gasteiger charge is 2.44. The first-order valence-electron chi connectivity index (χ1n) is 11.2. The lowest BCUT2D eigenvalue weighted by Gasteiger charge is -2.29. The van der Waals surface area contributed by atoms with Crippen LogP contribution in [0.15, 0.2) is 78.9 Å². The molecule has 0 radical (unpaired) electrons. The van der Waals surface area contributed by atoms with Gasteiger partial charge in [0.05, 0.1) is 6.07 Å². The van der Waals surface area contributed by atoms with Crippen LogP contribution in [0, 0.1) is 22.7 Å². The Morgan fingerprint density at radius 1 is 1.03 bits per heavy atom. The van der Waals surface area contributed by atoms with Crippen molar-refractivity contribution in [2.24, 2.45) is 11.3 Å². The molecular formula is C28H29ClN2O2. The highest BCUT2D eigenvalue weighted by atomic mass is 35.5. The van der Waals surface area contributed by atoms with Crippen LogP contribution in [0.25, 0.3) is 0 Å². The van der Waals surface area contributed by atoms with E-state index >= 15 is 0 Å². The highest BCUT2D eigenvalue weighted by Crippen LogP contribution is 2.35. The molecule has 1 atom stereocenters. The van der Waals surface area contributed by atoms with Gasteiger partial charge in [0.2, 0.25) is 0 Å². The zero-order valence-electron chi connectivity index (χ0n) is 19.3. The topological polar surface area (TPSA) is 53.3 Å². The molecule has 0 bridgehead atoms. The molecule has 3 aromatic rings. The molecule has 4 nitrogen and oxygen atoms in total. The molecule has 0 saturated carbocycles. The van der Waals surface area contributed by atoms with Crippen molar-refractivity contribution in [3.05, 3.63) is 89.4 Å². The molecule has 0 saturated heterocycles. The van der Waals surface area contributed by atoms with E-state index in [0.29, 0.717) is 10.8 Å². The summed E-state index contributed by atoms with van der Waals surface area (Å²) in [5.74, 6) is -0.426. The lowest BCUT2D eigenvalue weighted by atomic mass is 9.74. The highest BCUT2D eigenvalue weighted by molar-refractivity contribution is 6.30. The predicted octanol–water partition coefficient (Wildman–Crippen LogP) is 7.20. The molecule has 0 N–H and O–H groups in total. The molecule has 0 aliphatic rings. The molecule has 1 unspecified atom stereocenters. The van der Waals surface area contributed by atoms with Gasteiger partial charge in [-0.15, -0.1) is 0 Å². The third-order valence-corrected chi connectivity index (χ3v) is 6.05. The zero-order valence-corrected chi connectivity index (χ0v) is 20.0. The van der Waals surface area contributed by atoms with E-state index in [1.54, 1.807) is 24.3 Å². The third-order valence-electron chi connectivity index (χ3n) is 5.79. The minimum Gasteiger partial charge on any atom is -0.425 e. The number of nitrogens with zero attached hydrogens (tertiary/aromatic N) is 2. The van der Waals surface area contributed by atoms with E-state index in [0.717, 1.165) is 29.9 Å². The van der Waals surface area contributed by atoms with Crippen LogP contribution < -0.4 is 9.64 Å². The van der Waals surface area contributed by atoms with Gasteiger partial charge in [0.1, 0.15) is 5.75 Å². The fourth-order valence-corrected chi connectivity index (χ4v) is 3.95. The third kappa shape index (κ3) is 5.74. The van der Waals surface area contributed by atoms with Crippen LogP contribution in [-0.2, 0) is 11.2 Å². The second kappa shape index (κ2) is 11.0. The molecule has 0 heterocycles. The van der Waals surface area contributed by atoms with Gasteiger partial charge in [-0.1, -0.05) is 62.7 Å². The second-order valence-electron chi connectivity index (χ2n) is 8.42. The van der Waals surface area contributed by atoms with Gasteiger partial charge in [0, 0.05) is 29.4 Å². The van der Waals surface area contributed by atoms with Gasteiger partial charge < -0.3 is 9.64 Å². The number of benzene rings is 3. The van der Waals surface area contributed by atoms with Crippen molar-refractivity contribution in [2.75, 3.05) is 11.4 Å². The van der Waals surface area contributed by atoms with E-state index in [9.17, 15) is 10.1 Å². The Kier molecular flexibility index (Phi) is 8.14. The number of rotatable bonds is 9. The molecule has 170 valence electrons. The SMILES string of the molecule is CCCN(c1ccccc1)c1cccc(CC(C#N)(C(=O)Oc2ccc(Cl)cc2)C(C)C)c1. The monoisotopic (exact) mass is 460 g/mol. The summed E-state index contributed by atoms with van der Waals surface area (Å²) in [6.45, 7) is 6.76. The predicted molar refractivity (Wildman–Crippen MR) is 134 cm³/mol. The van der Waals surface area contributed by atoms with Gasteiger partial charge in [-0.25, -0.2) is 4.79 Å². The second-order valence-corrected chi connectivity index (χ2v) is 8.85. The van der Waals surface area contributed by atoms with Crippen molar-refractivity contribution in [3.8, 4) is 11.8 Å². The maximum atomic E-state index is 13.3. The number of hydrogen-bond acceptors (Lipinski definition) is 4. The summed E-state index contributed by atoms with van der Waals surface area (Å²) in [7, 11) is 0. The van der Waals surface area contributed by atoms with Crippen molar-refractivity contribution in [2.45, 2.75) is 33.6 Å². The number of para-hydroxylation sites is 1. The van der Waals surface area contributed by atoms with Crippen LogP contribution in [-0.4, -0.2) is 12.5 Å². The summed E-state index contributed by atoms with van der Waals surface area (Å²) in [6, 6.07) is 27.1. The van der Waals surface area contributed by atoms with Gasteiger partial charge in [-0.3, -0.25) is 0 Å². The fourth-order valence-electron chi connectivity index (χ4n) is 3.82. The number of hydrogen-bond donors (Lipinski definition) is 0. The van der Waals surface area contributed by atoms with Crippen molar-refractivity contribution < 1.29 is 9.53 Å². The van der Waals surface area contributed by atoms with E-state index in [1.807, 2.05) is 44.2 Å². The minimum atomic E-state index is -1.32. The summed E-state index contributed by atoms with van der Waals surface area (Å²) in [5.41, 5.74) is 1.73. The van der Waals surface area contributed by atoms with E-state index < -0.39 is 11.4 Å². The van der Waals surface area contributed by atoms with Gasteiger partial charge in [0.25, 0.3) is 0 Å². The number of anilines is 2. The summed E-state index contributed by atoms with van der Waals surface area (Å²) in [5, 5.41) is 10.7. The Labute approximate surface area is 201 Å². The number of ether oxygens (including phenoxy) is 1. The quantitative estimate of drug-likeness (QED) is 0.250. The molecule has 3 aromatic carbocycles. The Bertz CT molecular complexity index is 1110. The normalized spacial score (nSPS) is 12.6. The van der Waals surface area contributed by atoms with E-state index in [2.05, 4.69) is 42.2 Å². The molecule has 5 heteroatoms. The number of carbonyl (C=O) groups is 1. The number of halogens is 1. The molecule has 0 fully saturated rings. The van der Waals surface area contributed by atoms with Gasteiger partial charge in [0.15, 0.2) is 5.41 Å². The van der Waals surface area contributed by atoms with Crippen LogP contribution in [0.5, 0.6) is 5.75 Å². The summed E-state index contributed by atoms with van der Waals surface area (Å²) in [4.78, 5) is 15.5. The Hall–Kier alpha value is -3.29. The van der Waals surface area contributed by atoms with E-state index in [1.165, 1.54) is 0 Å². The summed E-state index contributed by atoms with van der Waals surface area (Å²) in [6.07, 6.45) is 1.25. The zero-order chi connectivity index (χ0) is 23.8. The van der Waals surface area contributed by atoms with Crippen LogP contribution in [0.4, 0.5) is 11.4 Å². The molecule has 0 aliphatic carbocycles. The van der Waals surface area contributed by atoms with Gasteiger partial charge in [-0.2, -0.15) is 5.26 Å². The van der Waals surface area contributed by atoms with Gasteiger partial charge in [-0.05, 0) is 66.4 Å². The van der Waals surface area contributed by atoms with Crippen molar-refractivity contribution in [1.82, 2.24) is 0 Å². The largest absolute Gasteiger partial charge is 0.425 e. The van der Waals surface area contributed by atoms with Crippen molar-refractivity contribution >= 4 is 28.9 Å². The van der Waals surface area contributed by atoms with E-state index in [4.69, 9.17) is 16.3 Å². The molecule has 0 spiro atoms. The van der Waals surface area contributed by atoms with E-state index in [-0.39, 0.29) is 12.3 Å². The standard InChI is InChI=1S/C28H29ClN2O2/c1-4-17-31(24-10-6-5-7-11-24)25-12-8-9-22(18-25)19-28(20-30,21(2)3)27(32)33-26-15-13-23(29)14-16-26/h5-16,18,21H,4,17,19H2,1-3H3.